The lowest BCUT2D eigenvalue weighted by molar-refractivity contribution is 0.0945. The highest BCUT2D eigenvalue weighted by Gasteiger charge is 2.15. The number of pyridine rings is 1. The molecule has 5 heteroatoms. The van der Waals surface area contributed by atoms with Crippen LogP contribution in [0.5, 0.6) is 0 Å². The Balaban J connectivity index is 1.67. The number of nitrogens with zero attached hydrogens (tertiary/aromatic N) is 2. The summed E-state index contributed by atoms with van der Waals surface area (Å²) in [5, 5.41) is 2.71. The summed E-state index contributed by atoms with van der Waals surface area (Å²) in [6, 6.07) is 11.8. The third-order valence-electron chi connectivity index (χ3n) is 3.79. The van der Waals surface area contributed by atoms with Crippen molar-refractivity contribution in [3.05, 3.63) is 59.5 Å². The van der Waals surface area contributed by atoms with Crippen LogP contribution in [0.2, 0.25) is 0 Å². The average molecular weight is 299 g/mol. The summed E-state index contributed by atoms with van der Waals surface area (Å²) in [6.45, 7) is 2.11. The second kappa shape index (κ2) is 6.56. The molecule has 4 nitrogen and oxygen atoms in total. The van der Waals surface area contributed by atoms with Crippen LogP contribution in [0.15, 0.2) is 42.5 Å². The maximum absolute atomic E-state index is 13.5. The summed E-state index contributed by atoms with van der Waals surface area (Å²) in [5.74, 6) is 0.224. The summed E-state index contributed by atoms with van der Waals surface area (Å²) >= 11 is 0. The summed E-state index contributed by atoms with van der Waals surface area (Å²) in [7, 11) is 0. The van der Waals surface area contributed by atoms with Gasteiger partial charge in [-0.25, -0.2) is 9.37 Å². The predicted molar refractivity (Wildman–Crippen MR) is 83.3 cm³/mol. The number of carbonyl (C=O) groups excluding carboxylic acids is 1. The Hall–Kier alpha value is -2.43. The van der Waals surface area contributed by atoms with E-state index in [1.54, 1.807) is 24.3 Å². The molecule has 1 fully saturated rings. The van der Waals surface area contributed by atoms with Gasteiger partial charge in [0.05, 0.1) is 0 Å². The number of rotatable bonds is 4. The van der Waals surface area contributed by atoms with Gasteiger partial charge in [0.15, 0.2) is 0 Å². The molecular weight excluding hydrogens is 281 g/mol. The van der Waals surface area contributed by atoms with E-state index in [1.807, 2.05) is 12.1 Å². The van der Waals surface area contributed by atoms with Crippen molar-refractivity contribution in [3.63, 3.8) is 0 Å². The number of amides is 1. The van der Waals surface area contributed by atoms with Crippen LogP contribution in [0.1, 0.15) is 28.9 Å². The van der Waals surface area contributed by atoms with Crippen molar-refractivity contribution in [1.29, 1.82) is 0 Å². The molecule has 1 aromatic heterocycles. The highest BCUT2D eigenvalue weighted by atomic mass is 19.1. The zero-order chi connectivity index (χ0) is 15.4. The SMILES string of the molecule is O=C(NCc1ccccc1F)c1cccc(N2CCCC2)n1. The molecule has 114 valence electrons. The van der Waals surface area contributed by atoms with Crippen molar-refractivity contribution in [1.82, 2.24) is 10.3 Å². The van der Waals surface area contributed by atoms with E-state index in [-0.39, 0.29) is 18.3 Å². The van der Waals surface area contributed by atoms with Gasteiger partial charge in [0.25, 0.3) is 5.91 Å². The largest absolute Gasteiger partial charge is 0.357 e. The fraction of sp³-hybridized carbons (Fsp3) is 0.294. The van der Waals surface area contributed by atoms with Crippen molar-refractivity contribution < 1.29 is 9.18 Å². The number of halogens is 1. The molecule has 1 N–H and O–H groups in total. The first-order valence-electron chi connectivity index (χ1n) is 7.47. The number of nitrogens with one attached hydrogen (secondary N) is 1. The summed E-state index contributed by atoms with van der Waals surface area (Å²) in [6.07, 6.45) is 2.32. The van der Waals surface area contributed by atoms with Crippen LogP contribution >= 0.6 is 0 Å². The van der Waals surface area contributed by atoms with Gasteiger partial charge in [0.1, 0.15) is 17.3 Å². The van der Waals surface area contributed by atoms with Gasteiger partial charge in [0, 0.05) is 25.2 Å². The van der Waals surface area contributed by atoms with Crippen molar-refractivity contribution in [3.8, 4) is 0 Å². The van der Waals surface area contributed by atoms with Gasteiger partial charge in [0.2, 0.25) is 0 Å². The van der Waals surface area contributed by atoms with Crippen LogP contribution in [0.3, 0.4) is 0 Å². The minimum Gasteiger partial charge on any atom is -0.357 e. The maximum Gasteiger partial charge on any atom is 0.270 e. The lowest BCUT2D eigenvalue weighted by Crippen LogP contribution is -2.26. The summed E-state index contributed by atoms with van der Waals surface area (Å²) in [5.41, 5.74) is 0.826. The minimum atomic E-state index is -0.318. The fourth-order valence-corrected chi connectivity index (χ4v) is 2.58. The molecule has 2 aromatic rings. The lowest BCUT2D eigenvalue weighted by atomic mass is 10.2. The van der Waals surface area contributed by atoms with Crippen molar-refractivity contribution >= 4 is 11.7 Å². The Kier molecular flexibility index (Phi) is 4.32. The van der Waals surface area contributed by atoms with Crippen molar-refractivity contribution in [2.24, 2.45) is 0 Å². The molecular formula is C17H18FN3O. The Bertz CT molecular complexity index is 668. The van der Waals surface area contributed by atoms with Gasteiger partial charge < -0.3 is 10.2 Å². The van der Waals surface area contributed by atoms with Crippen LogP contribution in [0, 0.1) is 5.82 Å². The van der Waals surface area contributed by atoms with Gasteiger partial charge in [-0.05, 0) is 31.0 Å². The van der Waals surface area contributed by atoms with E-state index < -0.39 is 0 Å². The zero-order valence-electron chi connectivity index (χ0n) is 12.3. The van der Waals surface area contributed by atoms with E-state index >= 15 is 0 Å². The normalized spacial score (nSPS) is 14.1. The maximum atomic E-state index is 13.5. The van der Waals surface area contributed by atoms with E-state index in [1.165, 1.54) is 6.07 Å². The monoisotopic (exact) mass is 299 g/mol. The van der Waals surface area contributed by atoms with E-state index in [9.17, 15) is 9.18 Å². The second-order valence-electron chi connectivity index (χ2n) is 5.35. The van der Waals surface area contributed by atoms with Crippen molar-refractivity contribution in [2.75, 3.05) is 18.0 Å². The van der Waals surface area contributed by atoms with Gasteiger partial charge in [-0.2, -0.15) is 0 Å². The van der Waals surface area contributed by atoms with E-state index in [0.29, 0.717) is 11.3 Å². The molecule has 22 heavy (non-hydrogen) atoms. The van der Waals surface area contributed by atoms with Crippen LogP contribution in [-0.4, -0.2) is 24.0 Å². The highest BCUT2D eigenvalue weighted by molar-refractivity contribution is 5.92. The topological polar surface area (TPSA) is 45.2 Å². The van der Waals surface area contributed by atoms with Crippen LogP contribution in [0.25, 0.3) is 0 Å². The first kappa shape index (κ1) is 14.5. The first-order valence-corrected chi connectivity index (χ1v) is 7.47. The summed E-state index contributed by atoms with van der Waals surface area (Å²) in [4.78, 5) is 18.8. The third-order valence-corrected chi connectivity index (χ3v) is 3.79. The number of hydrogen-bond acceptors (Lipinski definition) is 3. The average Bonchev–Trinajstić information content (AvgIpc) is 3.08. The Morgan fingerprint density at radius 3 is 2.68 bits per heavy atom. The molecule has 2 heterocycles. The predicted octanol–water partition coefficient (Wildman–Crippen LogP) is 2.75. The Morgan fingerprint density at radius 1 is 1.14 bits per heavy atom. The highest BCUT2D eigenvalue weighted by Crippen LogP contribution is 2.17. The molecule has 1 aromatic carbocycles. The molecule has 0 spiro atoms. The standard InChI is InChI=1S/C17H18FN3O/c18-14-7-2-1-6-13(14)12-19-17(22)15-8-5-9-16(20-15)21-10-3-4-11-21/h1-2,5-9H,3-4,10-12H2,(H,19,22). The van der Waals surface area contributed by atoms with Crippen LogP contribution in [0.4, 0.5) is 10.2 Å². The third kappa shape index (κ3) is 3.24. The number of anilines is 1. The Labute approximate surface area is 129 Å². The number of carbonyl (C=O) groups is 1. The smallest absolute Gasteiger partial charge is 0.270 e. The Morgan fingerprint density at radius 2 is 1.91 bits per heavy atom. The molecule has 0 aliphatic carbocycles. The minimum absolute atomic E-state index is 0.154. The van der Waals surface area contributed by atoms with Gasteiger partial charge in [-0.15, -0.1) is 0 Å². The molecule has 1 amide bonds. The summed E-state index contributed by atoms with van der Waals surface area (Å²) < 4.78 is 13.5. The molecule has 1 aliphatic rings. The molecule has 0 radical (unpaired) electrons. The molecule has 0 atom stereocenters. The fourth-order valence-electron chi connectivity index (χ4n) is 2.58. The molecule has 1 aliphatic heterocycles. The molecule has 0 bridgehead atoms. The number of benzene rings is 1. The van der Waals surface area contributed by atoms with Crippen LogP contribution in [-0.2, 0) is 6.54 Å². The van der Waals surface area contributed by atoms with Crippen LogP contribution < -0.4 is 10.2 Å². The van der Waals surface area contributed by atoms with E-state index in [2.05, 4.69) is 15.2 Å². The number of aromatic nitrogens is 1. The van der Waals surface area contributed by atoms with Gasteiger partial charge in [-0.1, -0.05) is 24.3 Å². The quantitative estimate of drug-likeness (QED) is 0.944. The zero-order valence-corrected chi connectivity index (χ0v) is 12.3. The van der Waals surface area contributed by atoms with Crippen molar-refractivity contribution in [2.45, 2.75) is 19.4 Å². The number of hydrogen-bond donors (Lipinski definition) is 1. The molecule has 1 saturated heterocycles. The van der Waals surface area contributed by atoms with E-state index in [4.69, 9.17) is 0 Å². The second-order valence-corrected chi connectivity index (χ2v) is 5.35. The lowest BCUT2D eigenvalue weighted by Gasteiger charge is -2.16. The van der Waals surface area contributed by atoms with E-state index in [0.717, 1.165) is 31.7 Å². The first-order chi connectivity index (χ1) is 10.7. The molecule has 3 rings (SSSR count). The van der Waals surface area contributed by atoms with Gasteiger partial charge in [-0.3, -0.25) is 4.79 Å². The van der Waals surface area contributed by atoms with Gasteiger partial charge >= 0.3 is 0 Å². The molecule has 0 saturated carbocycles. The molecule has 0 unspecified atom stereocenters.